The molecule has 1 aromatic carbocycles. The van der Waals surface area contributed by atoms with Crippen LogP contribution in [0.4, 0.5) is 8.78 Å². The maximum atomic E-state index is 14.1. The number of hydrogen-bond donors (Lipinski definition) is 1. The Morgan fingerprint density at radius 1 is 1.16 bits per heavy atom. The van der Waals surface area contributed by atoms with Crippen molar-refractivity contribution >= 4 is 15.9 Å². The molecule has 0 bridgehead atoms. The van der Waals surface area contributed by atoms with E-state index in [2.05, 4.69) is 28.2 Å². The third-order valence-corrected chi connectivity index (χ3v) is 4.83. The summed E-state index contributed by atoms with van der Waals surface area (Å²) in [6.07, 6.45) is 4.49. The summed E-state index contributed by atoms with van der Waals surface area (Å²) < 4.78 is 27.9. The average Bonchev–Trinajstić information content (AvgIpc) is 2.38. The molecule has 1 aliphatic carbocycles. The molecule has 1 N–H and O–H groups in total. The standard InChI is InChI=1S/C15H20BrF2N/c1-9-3-5-10(6-4-9)15(19-2)11-7-14(18)12(16)8-13(11)17/h7-10,15,19H,3-6H2,1-2H3. The largest absolute Gasteiger partial charge is 0.313 e. The molecule has 0 aliphatic heterocycles. The molecule has 0 saturated heterocycles. The Bertz CT molecular complexity index is 442. The predicted octanol–water partition coefficient (Wildman–Crippen LogP) is 4.81. The van der Waals surface area contributed by atoms with Crippen LogP contribution in [0.5, 0.6) is 0 Å². The second-order valence-electron chi connectivity index (χ2n) is 5.57. The molecule has 1 saturated carbocycles. The predicted molar refractivity (Wildman–Crippen MR) is 77.0 cm³/mol. The van der Waals surface area contributed by atoms with Gasteiger partial charge < -0.3 is 5.32 Å². The first-order valence-electron chi connectivity index (χ1n) is 6.84. The van der Waals surface area contributed by atoms with Crippen molar-refractivity contribution in [3.05, 3.63) is 33.8 Å². The lowest BCUT2D eigenvalue weighted by molar-refractivity contribution is 0.234. The van der Waals surface area contributed by atoms with Crippen LogP contribution in [0.15, 0.2) is 16.6 Å². The number of benzene rings is 1. The van der Waals surface area contributed by atoms with E-state index in [1.54, 1.807) is 0 Å². The Morgan fingerprint density at radius 3 is 2.37 bits per heavy atom. The van der Waals surface area contributed by atoms with Gasteiger partial charge in [0.05, 0.1) is 4.47 Å². The molecule has 1 atom stereocenters. The third kappa shape index (κ3) is 3.34. The van der Waals surface area contributed by atoms with Crippen LogP contribution in [-0.4, -0.2) is 7.05 Å². The van der Waals surface area contributed by atoms with E-state index in [-0.39, 0.29) is 16.3 Å². The molecule has 1 fully saturated rings. The Balaban J connectivity index is 2.24. The van der Waals surface area contributed by atoms with Crippen LogP contribution in [0, 0.1) is 23.5 Å². The molecule has 2 rings (SSSR count). The fourth-order valence-corrected chi connectivity index (χ4v) is 3.36. The minimum absolute atomic E-state index is 0.102. The van der Waals surface area contributed by atoms with Crippen LogP contribution >= 0.6 is 15.9 Å². The van der Waals surface area contributed by atoms with E-state index >= 15 is 0 Å². The highest BCUT2D eigenvalue weighted by molar-refractivity contribution is 9.10. The quantitative estimate of drug-likeness (QED) is 0.783. The fraction of sp³-hybridized carbons (Fsp3) is 0.600. The van der Waals surface area contributed by atoms with Crippen LogP contribution in [-0.2, 0) is 0 Å². The molecular formula is C15H20BrF2N. The number of rotatable bonds is 3. The molecule has 1 nitrogen and oxygen atoms in total. The lowest BCUT2D eigenvalue weighted by Crippen LogP contribution is -2.29. The number of nitrogens with one attached hydrogen (secondary N) is 1. The van der Waals surface area contributed by atoms with E-state index in [4.69, 9.17) is 0 Å². The Labute approximate surface area is 121 Å². The zero-order valence-corrected chi connectivity index (χ0v) is 12.9. The molecular weight excluding hydrogens is 312 g/mol. The van der Waals surface area contributed by atoms with Crippen molar-refractivity contribution in [3.63, 3.8) is 0 Å². The number of hydrogen-bond acceptors (Lipinski definition) is 1. The highest BCUT2D eigenvalue weighted by Crippen LogP contribution is 2.38. The Hall–Kier alpha value is -0.480. The van der Waals surface area contributed by atoms with Crippen molar-refractivity contribution in [3.8, 4) is 0 Å². The lowest BCUT2D eigenvalue weighted by atomic mass is 9.77. The summed E-state index contributed by atoms with van der Waals surface area (Å²) in [7, 11) is 1.82. The molecule has 1 unspecified atom stereocenters. The van der Waals surface area contributed by atoms with Gasteiger partial charge in [-0.25, -0.2) is 8.78 Å². The lowest BCUT2D eigenvalue weighted by Gasteiger charge is -2.33. The van der Waals surface area contributed by atoms with E-state index in [0.29, 0.717) is 11.5 Å². The van der Waals surface area contributed by atoms with E-state index in [0.717, 1.165) is 18.8 Å². The second kappa shape index (κ2) is 6.31. The summed E-state index contributed by atoms with van der Waals surface area (Å²) in [5.41, 5.74) is 0.447. The van der Waals surface area contributed by atoms with Crippen molar-refractivity contribution in [2.75, 3.05) is 7.05 Å². The van der Waals surface area contributed by atoms with Gasteiger partial charge in [0.1, 0.15) is 11.6 Å². The molecule has 0 heterocycles. The van der Waals surface area contributed by atoms with Gasteiger partial charge in [-0.15, -0.1) is 0 Å². The van der Waals surface area contributed by atoms with Crippen LogP contribution in [0.1, 0.15) is 44.2 Å². The topological polar surface area (TPSA) is 12.0 Å². The first-order chi connectivity index (χ1) is 9.02. The SMILES string of the molecule is CNC(c1cc(F)c(Br)cc1F)C1CCC(C)CC1. The fourth-order valence-electron chi connectivity index (χ4n) is 3.04. The molecule has 0 amide bonds. The summed E-state index contributed by atoms with van der Waals surface area (Å²) in [4.78, 5) is 0. The van der Waals surface area contributed by atoms with Crippen molar-refractivity contribution < 1.29 is 8.78 Å². The van der Waals surface area contributed by atoms with Gasteiger partial charge in [0.25, 0.3) is 0 Å². The van der Waals surface area contributed by atoms with E-state index < -0.39 is 5.82 Å². The summed E-state index contributed by atoms with van der Waals surface area (Å²) in [5.74, 6) is 0.392. The minimum Gasteiger partial charge on any atom is -0.313 e. The summed E-state index contributed by atoms with van der Waals surface area (Å²) in [5, 5.41) is 3.17. The second-order valence-corrected chi connectivity index (χ2v) is 6.43. The van der Waals surface area contributed by atoms with Gasteiger partial charge in [0.15, 0.2) is 0 Å². The van der Waals surface area contributed by atoms with Gasteiger partial charge in [-0.2, -0.15) is 0 Å². The van der Waals surface area contributed by atoms with Crippen molar-refractivity contribution in [1.82, 2.24) is 5.32 Å². The monoisotopic (exact) mass is 331 g/mol. The van der Waals surface area contributed by atoms with E-state index in [9.17, 15) is 8.78 Å². The van der Waals surface area contributed by atoms with Gasteiger partial charge in [-0.05, 0) is 59.8 Å². The Morgan fingerprint density at radius 2 is 1.79 bits per heavy atom. The number of halogens is 3. The first-order valence-corrected chi connectivity index (χ1v) is 7.64. The summed E-state index contributed by atoms with van der Waals surface area (Å²) >= 11 is 3.02. The van der Waals surface area contributed by atoms with Crippen molar-refractivity contribution in [1.29, 1.82) is 0 Å². The summed E-state index contributed by atoms with van der Waals surface area (Å²) in [6.45, 7) is 2.25. The van der Waals surface area contributed by atoms with Gasteiger partial charge in [0, 0.05) is 11.6 Å². The highest BCUT2D eigenvalue weighted by atomic mass is 79.9. The smallest absolute Gasteiger partial charge is 0.137 e. The molecule has 1 aromatic rings. The normalized spacial score (nSPS) is 25.3. The molecule has 106 valence electrons. The molecule has 19 heavy (non-hydrogen) atoms. The van der Waals surface area contributed by atoms with Gasteiger partial charge >= 0.3 is 0 Å². The third-order valence-electron chi connectivity index (χ3n) is 4.22. The van der Waals surface area contributed by atoms with Gasteiger partial charge in [-0.3, -0.25) is 0 Å². The van der Waals surface area contributed by atoms with Crippen LogP contribution in [0.3, 0.4) is 0 Å². The average molecular weight is 332 g/mol. The van der Waals surface area contributed by atoms with Crippen molar-refractivity contribution in [2.45, 2.75) is 38.6 Å². The van der Waals surface area contributed by atoms with Crippen LogP contribution in [0.25, 0.3) is 0 Å². The maximum Gasteiger partial charge on any atom is 0.137 e. The minimum atomic E-state index is -0.402. The van der Waals surface area contributed by atoms with Crippen molar-refractivity contribution in [2.24, 2.45) is 11.8 Å². The zero-order valence-electron chi connectivity index (χ0n) is 11.3. The molecule has 1 aliphatic rings. The Kier molecular flexibility index (Phi) is 4.96. The van der Waals surface area contributed by atoms with Gasteiger partial charge in [-0.1, -0.05) is 19.8 Å². The van der Waals surface area contributed by atoms with Crippen LogP contribution in [0.2, 0.25) is 0 Å². The molecule has 4 heteroatoms. The summed E-state index contributed by atoms with van der Waals surface area (Å²) in [6, 6.07) is 2.44. The molecule has 0 spiro atoms. The molecule has 0 radical (unpaired) electrons. The maximum absolute atomic E-state index is 14.1. The van der Waals surface area contributed by atoms with Crippen LogP contribution < -0.4 is 5.32 Å². The highest BCUT2D eigenvalue weighted by Gasteiger charge is 2.28. The zero-order chi connectivity index (χ0) is 14.0. The van der Waals surface area contributed by atoms with Gasteiger partial charge in [0.2, 0.25) is 0 Å². The molecule has 0 aromatic heterocycles. The van der Waals surface area contributed by atoms with E-state index in [1.165, 1.54) is 25.0 Å². The van der Waals surface area contributed by atoms with E-state index in [1.807, 2.05) is 7.05 Å². The first kappa shape index (κ1) is 14.9.